The number of anilines is 2. The highest BCUT2D eigenvalue weighted by molar-refractivity contribution is 5.82. The average Bonchev–Trinajstić information content (AvgIpc) is 2.92. The molecule has 0 amide bonds. The number of aromatic nitrogens is 4. The Labute approximate surface area is 128 Å². The van der Waals surface area contributed by atoms with E-state index in [2.05, 4.69) is 32.4 Å². The van der Waals surface area contributed by atoms with Crippen molar-refractivity contribution in [2.75, 3.05) is 31.3 Å². The first kappa shape index (κ1) is 14.3. The van der Waals surface area contributed by atoms with E-state index in [4.69, 9.17) is 10.5 Å². The zero-order valence-electron chi connectivity index (χ0n) is 12.4. The number of methoxy groups -OCH3 is 1. The third-order valence-corrected chi connectivity index (χ3v) is 3.28. The molecule has 0 radical (unpaired) electrons. The number of hydrogen-bond donors (Lipinski definition) is 2. The molecule has 7 nitrogen and oxygen atoms in total. The minimum atomic E-state index is 0.372. The molecule has 2 aromatic heterocycles. The molecule has 3 aromatic rings. The van der Waals surface area contributed by atoms with Crippen LogP contribution in [0.3, 0.4) is 0 Å². The molecule has 0 aliphatic rings. The normalized spacial score (nSPS) is 11.0. The molecule has 3 rings (SSSR count). The quantitative estimate of drug-likeness (QED) is 0.670. The highest BCUT2D eigenvalue weighted by Crippen LogP contribution is 2.19. The minimum Gasteiger partial charge on any atom is -0.383 e. The minimum absolute atomic E-state index is 0.372. The van der Waals surface area contributed by atoms with Crippen LogP contribution in [0.25, 0.3) is 11.2 Å². The lowest BCUT2D eigenvalue weighted by Gasteiger charge is -2.07. The summed E-state index contributed by atoms with van der Waals surface area (Å²) >= 11 is 0. The number of ether oxygens (including phenoxy) is 1. The van der Waals surface area contributed by atoms with Crippen LogP contribution in [-0.2, 0) is 11.3 Å². The fraction of sp³-hybridized carbons (Fsp3) is 0.267. The highest BCUT2D eigenvalue weighted by Gasteiger charge is 2.11. The second kappa shape index (κ2) is 6.40. The van der Waals surface area contributed by atoms with Gasteiger partial charge in [0, 0.05) is 13.7 Å². The van der Waals surface area contributed by atoms with Gasteiger partial charge in [0.2, 0.25) is 5.95 Å². The van der Waals surface area contributed by atoms with E-state index in [0.717, 1.165) is 5.65 Å². The van der Waals surface area contributed by atoms with Gasteiger partial charge in [0.1, 0.15) is 5.52 Å². The molecule has 0 bridgehead atoms. The molecule has 22 heavy (non-hydrogen) atoms. The Kier molecular flexibility index (Phi) is 4.15. The Balaban J connectivity index is 1.90. The van der Waals surface area contributed by atoms with E-state index in [0.29, 0.717) is 37.0 Å². The fourth-order valence-corrected chi connectivity index (χ4v) is 2.21. The van der Waals surface area contributed by atoms with Crippen LogP contribution >= 0.6 is 0 Å². The number of imidazole rings is 1. The maximum atomic E-state index is 5.97. The monoisotopic (exact) mass is 298 g/mol. The van der Waals surface area contributed by atoms with Crippen LogP contribution in [-0.4, -0.2) is 39.8 Å². The number of benzene rings is 1. The largest absolute Gasteiger partial charge is 0.383 e. The van der Waals surface area contributed by atoms with Gasteiger partial charge in [-0.2, -0.15) is 9.97 Å². The summed E-state index contributed by atoms with van der Waals surface area (Å²) in [6, 6.07) is 10.1. The van der Waals surface area contributed by atoms with Gasteiger partial charge >= 0.3 is 0 Å². The molecule has 0 spiro atoms. The van der Waals surface area contributed by atoms with Crippen molar-refractivity contribution in [3.63, 3.8) is 0 Å². The molecule has 114 valence electrons. The lowest BCUT2D eigenvalue weighted by molar-refractivity contribution is 0.210. The predicted molar refractivity (Wildman–Crippen MR) is 85.6 cm³/mol. The number of rotatable bonds is 6. The van der Waals surface area contributed by atoms with E-state index < -0.39 is 0 Å². The van der Waals surface area contributed by atoms with Crippen molar-refractivity contribution in [1.29, 1.82) is 0 Å². The van der Waals surface area contributed by atoms with Gasteiger partial charge in [-0.3, -0.25) is 0 Å². The number of nitrogens with two attached hydrogens (primary N) is 1. The second-order valence-electron chi connectivity index (χ2n) is 4.88. The van der Waals surface area contributed by atoms with Gasteiger partial charge < -0.3 is 20.4 Å². The Morgan fingerprint density at radius 1 is 1.23 bits per heavy atom. The van der Waals surface area contributed by atoms with Crippen molar-refractivity contribution < 1.29 is 4.74 Å². The summed E-state index contributed by atoms with van der Waals surface area (Å²) in [6.45, 7) is 1.88. The smallest absolute Gasteiger partial charge is 0.226 e. The van der Waals surface area contributed by atoms with E-state index in [-0.39, 0.29) is 0 Å². The van der Waals surface area contributed by atoms with Gasteiger partial charge in [0.25, 0.3) is 0 Å². The van der Waals surface area contributed by atoms with Crippen molar-refractivity contribution in [3.05, 3.63) is 42.2 Å². The van der Waals surface area contributed by atoms with E-state index >= 15 is 0 Å². The maximum absolute atomic E-state index is 5.97. The van der Waals surface area contributed by atoms with Crippen molar-refractivity contribution in [2.45, 2.75) is 6.54 Å². The molecule has 0 aliphatic carbocycles. The summed E-state index contributed by atoms with van der Waals surface area (Å²) in [5.74, 6) is 0.855. The van der Waals surface area contributed by atoms with Crippen LogP contribution < -0.4 is 11.1 Å². The number of hydrogen-bond acceptors (Lipinski definition) is 6. The van der Waals surface area contributed by atoms with Gasteiger partial charge in [-0.15, -0.1) is 0 Å². The Morgan fingerprint density at radius 3 is 2.82 bits per heavy atom. The van der Waals surface area contributed by atoms with E-state index in [1.54, 1.807) is 13.4 Å². The van der Waals surface area contributed by atoms with Gasteiger partial charge in [0.05, 0.1) is 19.5 Å². The summed E-state index contributed by atoms with van der Waals surface area (Å²) in [4.78, 5) is 13.0. The van der Waals surface area contributed by atoms with Gasteiger partial charge in [-0.05, 0) is 5.56 Å². The lowest BCUT2D eigenvalue weighted by atomic mass is 10.2. The van der Waals surface area contributed by atoms with Crippen LogP contribution in [0, 0.1) is 0 Å². The predicted octanol–water partition coefficient (Wildman–Crippen LogP) is 1.52. The van der Waals surface area contributed by atoms with Crippen LogP contribution in [0.15, 0.2) is 36.7 Å². The standard InChI is InChI=1S/C15H18N6O/c1-22-8-7-17-15-19-13(16)12-14(20-15)21(10-18-12)9-11-5-3-2-4-6-11/h2-6,10H,7-9H2,1H3,(H3,16,17,19,20). The van der Waals surface area contributed by atoms with Gasteiger partial charge in [-0.25, -0.2) is 4.98 Å². The number of nitrogens with one attached hydrogen (secondary N) is 1. The molecule has 1 aromatic carbocycles. The highest BCUT2D eigenvalue weighted by atomic mass is 16.5. The summed E-state index contributed by atoms with van der Waals surface area (Å²) in [5.41, 5.74) is 8.48. The molecule has 2 heterocycles. The molecule has 0 fully saturated rings. The van der Waals surface area contributed by atoms with E-state index in [1.807, 2.05) is 22.8 Å². The molecular formula is C15H18N6O. The maximum Gasteiger partial charge on any atom is 0.226 e. The molecule has 7 heteroatoms. The average molecular weight is 298 g/mol. The number of nitrogen functional groups attached to an aromatic ring is 1. The Bertz CT molecular complexity index is 755. The summed E-state index contributed by atoms with van der Waals surface area (Å²) in [6.07, 6.45) is 1.74. The number of nitrogens with zero attached hydrogens (tertiary/aromatic N) is 4. The van der Waals surface area contributed by atoms with E-state index in [1.165, 1.54) is 5.56 Å². The Morgan fingerprint density at radius 2 is 2.05 bits per heavy atom. The van der Waals surface area contributed by atoms with Crippen molar-refractivity contribution in [3.8, 4) is 0 Å². The summed E-state index contributed by atoms with van der Waals surface area (Å²) in [5, 5.41) is 3.09. The SMILES string of the molecule is COCCNc1nc(N)c2ncn(Cc3ccccc3)c2n1. The lowest BCUT2D eigenvalue weighted by Crippen LogP contribution is -2.12. The zero-order valence-corrected chi connectivity index (χ0v) is 12.4. The third kappa shape index (κ3) is 2.99. The van der Waals surface area contributed by atoms with Crippen LogP contribution in [0.5, 0.6) is 0 Å². The summed E-state index contributed by atoms with van der Waals surface area (Å²) < 4.78 is 6.96. The van der Waals surface area contributed by atoms with Crippen LogP contribution in [0.4, 0.5) is 11.8 Å². The zero-order chi connectivity index (χ0) is 15.4. The summed E-state index contributed by atoms with van der Waals surface area (Å²) in [7, 11) is 1.65. The first-order valence-electron chi connectivity index (χ1n) is 7.03. The molecular weight excluding hydrogens is 280 g/mol. The van der Waals surface area contributed by atoms with E-state index in [9.17, 15) is 0 Å². The van der Waals surface area contributed by atoms with Crippen molar-refractivity contribution in [1.82, 2.24) is 19.5 Å². The number of fused-ring (bicyclic) bond motifs is 1. The topological polar surface area (TPSA) is 90.9 Å². The van der Waals surface area contributed by atoms with Crippen LogP contribution in [0.2, 0.25) is 0 Å². The van der Waals surface area contributed by atoms with Crippen molar-refractivity contribution >= 4 is 22.9 Å². The first-order valence-corrected chi connectivity index (χ1v) is 7.03. The second-order valence-corrected chi connectivity index (χ2v) is 4.88. The van der Waals surface area contributed by atoms with Crippen molar-refractivity contribution in [2.24, 2.45) is 0 Å². The molecule has 0 saturated heterocycles. The molecule has 0 unspecified atom stereocenters. The molecule has 0 saturated carbocycles. The van der Waals surface area contributed by atoms with Gasteiger partial charge in [0.15, 0.2) is 11.5 Å². The van der Waals surface area contributed by atoms with Crippen LogP contribution in [0.1, 0.15) is 5.56 Å². The first-order chi connectivity index (χ1) is 10.8. The molecule has 3 N–H and O–H groups in total. The fourth-order valence-electron chi connectivity index (χ4n) is 2.21. The van der Waals surface area contributed by atoms with Gasteiger partial charge in [-0.1, -0.05) is 30.3 Å². The Hall–Kier alpha value is -2.67. The third-order valence-electron chi connectivity index (χ3n) is 3.28. The molecule has 0 atom stereocenters. The molecule has 0 aliphatic heterocycles.